The highest BCUT2D eigenvalue weighted by Gasteiger charge is 2.18. The second-order valence-electron chi connectivity index (χ2n) is 8.83. The number of allylic oxidation sites excluding steroid dienone is 2. The smallest absolute Gasteiger partial charge is 0.150 e. The van der Waals surface area contributed by atoms with Crippen LogP contribution in [0.1, 0.15) is 89.6 Å². The maximum Gasteiger partial charge on any atom is 0.150 e. The van der Waals surface area contributed by atoms with Gasteiger partial charge in [0, 0.05) is 25.4 Å². The molecule has 0 saturated carbocycles. The highest BCUT2D eigenvalue weighted by Crippen LogP contribution is 2.27. The second-order valence-corrected chi connectivity index (χ2v) is 8.83. The third-order valence-electron chi connectivity index (χ3n) is 6.45. The maximum absolute atomic E-state index is 10.7. The topological polar surface area (TPSA) is 71.2 Å². The van der Waals surface area contributed by atoms with E-state index in [0.717, 1.165) is 58.8 Å². The number of likely N-dealkylation sites (tertiary alicyclic amines) is 1. The quantitative estimate of drug-likeness (QED) is 0.322. The van der Waals surface area contributed by atoms with E-state index in [2.05, 4.69) is 65.6 Å². The number of aldehydes is 1. The minimum Gasteiger partial charge on any atom is -0.373 e. The van der Waals surface area contributed by atoms with Crippen LogP contribution in [0.15, 0.2) is 59.8 Å². The maximum atomic E-state index is 10.7. The average Bonchev–Trinajstić information content (AvgIpc) is 3.00. The highest BCUT2D eigenvalue weighted by atomic mass is 16.1. The number of hydrogen-bond acceptors (Lipinski definition) is 5. The van der Waals surface area contributed by atoms with Crippen LogP contribution >= 0.6 is 0 Å². The Morgan fingerprint density at radius 3 is 2.26 bits per heavy atom. The van der Waals surface area contributed by atoms with Crippen molar-refractivity contribution in [3.63, 3.8) is 0 Å². The molecule has 5 heteroatoms. The summed E-state index contributed by atoms with van der Waals surface area (Å²) in [6.45, 7) is 17.1. The van der Waals surface area contributed by atoms with Crippen LogP contribution < -0.4 is 21.5 Å². The first-order valence-electron chi connectivity index (χ1n) is 14.6. The monoisotopic (exact) mass is 534 g/mol. The Morgan fingerprint density at radius 1 is 1.08 bits per heavy atom. The fraction of sp³-hybridized carbons (Fsp3) is 0.471. The summed E-state index contributed by atoms with van der Waals surface area (Å²) in [6, 6.07) is 10.1. The van der Waals surface area contributed by atoms with Crippen LogP contribution in [-0.4, -0.2) is 49.9 Å². The van der Waals surface area contributed by atoms with E-state index in [-0.39, 0.29) is 0 Å². The van der Waals surface area contributed by atoms with Crippen molar-refractivity contribution in [2.45, 2.75) is 73.6 Å². The fourth-order valence-electron chi connectivity index (χ4n) is 4.29. The molecule has 0 amide bonds. The molecular formula is C34H54N4O. The van der Waals surface area contributed by atoms with Gasteiger partial charge < -0.3 is 16.0 Å². The van der Waals surface area contributed by atoms with Crippen molar-refractivity contribution in [3.8, 4) is 0 Å². The number of hydrogen-bond donors (Lipinski definition) is 2. The van der Waals surface area contributed by atoms with Crippen molar-refractivity contribution in [1.29, 1.82) is 0 Å². The molecule has 1 aromatic heterocycles. The zero-order valence-corrected chi connectivity index (χ0v) is 26.1. The van der Waals surface area contributed by atoms with E-state index in [0.29, 0.717) is 12.5 Å². The molecule has 0 spiro atoms. The lowest BCUT2D eigenvalue weighted by molar-refractivity contribution is 0.112. The van der Waals surface area contributed by atoms with Gasteiger partial charge in [-0.05, 0) is 105 Å². The number of rotatable bonds is 7. The van der Waals surface area contributed by atoms with Gasteiger partial charge in [0.1, 0.15) is 12.1 Å². The zero-order valence-electron chi connectivity index (χ0n) is 26.1. The number of pyridine rings is 1. The van der Waals surface area contributed by atoms with Crippen LogP contribution in [0.5, 0.6) is 0 Å². The summed E-state index contributed by atoms with van der Waals surface area (Å²) in [5, 5.41) is 5.39. The normalized spacial score (nSPS) is 15.2. The van der Waals surface area contributed by atoms with Gasteiger partial charge in [-0.15, -0.1) is 0 Å². The van der Waals surface area contributed by atoms with Gasteiger partial charge in [0.05, 0.1) is 0 Å². The SMILES string of the molecule is C/C=C(CN)/C(/C=c1/cc(NC)nc/c1=C\CC)=C/C.CC.CC.CN1CCC(c2cccc(C=O)c2)CC1. The van der Waals surface area contributed by atoms with Gasteiger partial charge in [-0.3, -0.25) is 4.79 Å². The molecule has 2 aromatic rings. The Balaban J connectivity index is 0.000000674. The molecule has 0 atom stereocenters. The molecule has 1 saturated heterocycles. The number of carbonyl (C=O) groups is 1. The number of nitrogens with one attached hydrogen (secondary N) is 1. The molecule has 1 aromatic carbocycles. The van der Waals surface area contributed by atoms with E-state index in [1.165, 1.54) is 18.4 Å². The number of nitrogens with two attached hydrogens (primary N) is 1. The molecular weight excluding hydrogens is 480 g/mol. The van der Waals surface area contributed by atoms with Crippen LogP contribution in [0, 0.1) is 0 Å². The van der Waals surface area contributed by atoms with E-state index in [1.54, 1.807) is 0 Å². The lowest BCUT2D eigenvalue weighted by Crippen LogP contribution is -2.29. The predicted octanol–water partition coefficient (Wildman–Crippen LogP) is 6.31. The van der Waals surface area contributed by atoms with Gasteiger partial charge in [0.2, 0.25) is 0 Å². The van der Waals surface area contributed by atoms with E-state index >= 15 is 0 Å². The molecule has 0 bridgehead atoms. The summed E-state index contributed by atoms with van der Waals surface area (Å²) in [4.78, 5) is 17.4. The number of anilines is 1. The molecule has 216 valence electrons. The van der Waals surface area contributed by atoms with Crippen LogP contribution in [0.3, 0.4) is 0 Å². The largest absolute Gasteiger partial charge is 0.373 e. The van der Waals surface area contributed by atoms with Crippen molar-refractivity contribution in [2.75, 3.05) is 39.0 Å². The molecule has 3 N–H and O–H groups in total. The first-order chi connectivity index (χ1) is 19.0. The van der Waals surface area contributed by atoms with Crippen LogP contribution in [-0.2, 0) is 0 Å². The first kappa shape index (κ1) is 36.0. The van der Waals surface area contributed by atoms with E-state index in [9.17, 15) is 4.79 Å². The van der Waals surface area contributed by atoms with Crippen LogP contribution in [0.2, 0.25) is 0 Å². The standard InChI is InChI=1S/C17H25N3.C13H17NO.2C2H6/c1-5-8-15-12-20-17(19-4)10-16(15)9-13(6-2)14(7-3)11-18;1-14-7-5-12(6-8-14)13-4-2-3-11(9-13)10-15;2*1-2/h6-10,12,19H,5,11,18H2,1-4H3;2-4,9-10,12H,5-8H2,1H3;2*1-2H3/b13-6+,14-7+,15-8+,16-9-;;;. The summed E-state index contributed by atoms with van der Waals surface area (Å²) in [5.41, 5.74) is 10.2. The average molecular weight is 535 g/mol. The molecule has 3 rings (SSSR count). The van der Waals surface area contributed by atoms with Gasteiger partial charge >= 0.3 is 0 Å². The second kappa shape index (κ2) is 21.9. The lowest BCUT2D eigenvalue weighted by atomic mass is 9.89. The Morgan fingerprint density at radius 2 is 1.74 bits per heavy atom. The number of piperidine rings is 1. The van der Waals surface area contributed by atoms with Gasteiger partial charge in [0.25, 0.3) is 0 Å². The molecule has 0 aliphatic carbocycles. The van der Waals surface area contributed by atoms with Crippen molar-refractivity contribution in [3.05, 3.63) is 81.4 Å². The fourth-order valence-corrected chi connectivity index (χ4v) is 4.29. The Bertz CT molecular complexity index is 1130. The molecule has 1 aliphatic heterocycles. The summed E-state index contributed by atoms with van der Waals surface area (Å²) < 4.78 is 0. The molecule has 5 nitrogen and oxygen atoms in total. The Hall–Kier alpha value is -3.02. The predicted molar refractivity (Wildman–Crippen MR) is 173 cm³/mol. The van der Waals surface area contributed by atoms with Gasteiger partial charge in [-0.1, -0.05) is 71.0 Å². The number of aromatic nitrogens is 1. The zero-order chi connectivity index (χ0) is 29.6. The van der Waals surface area contributed by atoms with Crippen LogP contribution in [0.25, 0.3) is 12.2 Å². The number of nitrogens with zero attached hydrogens (tertiary/aromatic N) is 2. The van der Waals surface area contributed by atoms with Crippen molar-refractivity contribution < 1.29 is 4.79 Å². The summed E-state index contributed by atoms with van der Waals surface area (Å²) in [7, 11) is 4.04. The number of benzene rings is 1. The minimum atomic E-state index is 0.545. The van der Waals surface area contributed by atoms with E-state index < -0.39 is 0 Å². The lowest BCUT2D eigenvalue weighted by Gasteiger charge is -2.29. The Kier molecular flexibility index (Phi) is 20.2. The van der Waals surface area contributed by atoms with E-state index in [1.807, 2.05) is 73.0 Å². The van der Waals surface area contributed by atoms with E-state index in [4.69, 9.17) is 5.73 Å². The third-order valence-corrected chi connectivity index (χ3v) is 6.45. The molecule has 1 fully saturated rings. The highest BCUT2D eigenvalue weighted by molar-refractivity contribution is 5.75. The first-order valence-corrected chi connectivity index (χ1v) is 14.6. The molecule has 2 heterocycles. The van der Waals surface area contributed by atoms with Crippen molar-refractivity contribution >= 4 is 24.3 Å². The van der Waals surface area contributed by atoms with Crippen molar-refractivity contribution in [1.82, 2.24) is 9.88 Å². The summed E-state index contributed by atoms with van der Waals surface area (Å²) in [5.74, 6) is 1.51. The molecule has 0 unspecified atom stereocenters. The molecule has 39 heavy (non-hydrogen) atoms. The minimum absolute atomic E-state index is 0.545. The Labute approximate surface area is 238 Å². The number of carbonyl (C=O) groups excluding carboxylic acids is 1. The van der Waals surface area contributed by atoms with Gasteiger partial charge in [-0.2, -0.15) is 0 Å². The summed E-state index contributed by atoms with van der Waals surface area (Å²) >= 11 is 0. The summed E-state index contributed by atoms with van der Waals surface area (Å²) in [6.07, 6.45) is 14.8. The third kappa shape index (κ3) is 12.6. The van der Waals surface area contributed by atoms with Gasteiger partial charge in [0.15, 0.2) is 0 Å². The van der Waals surface area contributed by atoms with Gasteiger partial charge in [-0.25, -0.2) is 4.98 Å². The van der Waals surface area contributed by atoms with Crippen LogP contribution in [0.4, 0.5) is 5.82 Å². The van der Waals surface area contributed by atoms with Crippen molar-refractivity contribution in [2.24, 2.45) is 5.73 Å². The molecule has 1 aliphatic rings. The molecule has 0 radical (unpaired) electrons.